The van der Waals surface area contributed by atoms with Gasteiger partial charge in [-0.25, -0.2) is 0 Å². The Bertz CT molecular complexity index is 487. The number of hydrogen-bond donors (Lipinski definition) is 1. The van der Waals surface area contributed by atoms with Crippen molar-refractivity contribution in [2.24, 2.45) is 5.92 Å². The molecule has 0 bridgehead atoms. The van der Waals surface area contributed by atoms with Gasteiger partial charge in [-0.2, -0.15) is 0 Å². The SMILES string of the molecule is CCCC(C)C(O)c1ccc(-c2ccccc2)cc1. The summed E-state index contributed by atoms with van der Waals surface area (Å²) < 4.78 is 0. The van der Waals surface area contributed by atoms with E-state index in [2.05, 4.69) is 38.1 Å². The molecule has 0 aromatic heterocycles. The normalized spacial score (nSPS) is 14.1. The first-order valence-corrected chi connectivity index (χ1v) is 7.05. The van der Waals surface area contributed by atoms with E-state index in [0.717, 1.165) is 18.4 Å². The van der Waals surface area contributed by atoms with E-state index < -0.39 is 0 Å². The predicted octanol–water partition coefficient (Wildman–Crippen LogP) is 4.82. The molecule has 2 aromatic rings. The Labute approximate surface area is 115 Å². The van der Waals surface area contributed by atoms with Crippen LogP contribution >= 0.6 is 0 Å². The van der Waals surface area contributed by atoms with Gasteiger partial charge in [0.05, 0.1) is 6.10 Å². The molecule has 0 aliphatic carbocycles. The van der Waals surface area contributed by atoms with Gasteiger partial charge in [0.1, 0.15) is 0 Å². The van der Waals surface area contributed by atoms with Crippen molar-refractivity contribution in [3.63, 3.8) is 0 Å². The lowest BCUT2D eigenvalue weighted by Gasteiger charge is -2.18. The third kappa shape index (κ3) is 3.45. The predicted molar refractivity (Wildman–Crippen MR) is 80.9 cm³/mol. The summed E-state index contributed by atoms with van der Waals surface area (Å²) in [5, 5.41) is 10.3. The highest BCUT2D eigenvalue weighted by atomic mass is 16.3. The lowest BCUT2D eigenvalue weighted by atomic mass is 9.92. The molecule has 2 unspecified atom stereocenters. The third-order valence-corrected chi connectivity index (χ3v) is 3.64. The largest absolute Gasteiger partial charge is 0.388 e. The van der Waals surface area contributed by atoms with E-state index in [1.54, 1.807) is 0 Å². The monoisotopic (exact) mass is 254 g/mol. The smallest absolute Gasteiger partial charge is 0.0815 e. The maximum absolute atomic E-state index is 10.3. The second kappa shape index (κ2) is 6.53. The van der Waals surface area contributed by atoms with Crippen LogP contribution in [0.15, 0.2) is 54.6 Å². The van der Waals surface area contributed by atoms with Crippen LogP contribution in [0.2, 0.25) is 0 Å². The van der Waals surface area contributed by atoms with Gasteiger partial charge in [-0.15, -0.1) is 0 Å². The van der Waals surface area contributed by atoms with Gasteiger partial charge in [0.2, 0.25) is 0 Å². The highest BCUT2D eigenvalue weighted by Crippen LogP contribution is 2.27. The Morgan fingerprint density at radius 3 is 2.05 bits per heavy atom. The van der Waals surface area contributed by atoms with Gasteiger partial charge in [0, 0.05) is 0 Å². The van der Waals surface area contributed by atoms with Crippen molar-refractivity contribution < 1.29 is 5.11 Å². The first-order chi connectivity index (χ1) is 9.22. The van der Waals surface area contributed by atoms with Crippen LogP contribution in [0, 0.1) is 5.92 Å². The second-order valence-electron chi connectivity index (χ2n) is 5.20. The van der Waals surface area contributed by atoms with Crippen molar-refractivity contribution in [3.05, 3.63) is 60.2 Å². The number of aliphatic hydroxyl groups is 1. The fourth-order valence-corrected chi connectivity index (χ4v) is 2.45. The molecule has 0 saturated carbocycles. The van der Waals surface area contributed by atoms with E-state index in [9.17, 15) is 5.11 Å². The van der Waals surface area contributed by atoms with E-state index in [1.807, 2.05) is 30.3 Å². The lowest BCUT2D eigenvalue weighted by molar-refractivity contribution is 0.112. The molecule has 0 fully saturated rings. The molecule has 100 valence electrons. The summed E-state index contributed by atoms with van der Waals surface area (Å²) >= 11 is 0. The van der Waals surface area contributed by atoms with Crippen molar-refractivity contribution in [3.8, 4) is 11.1 Å². The van der Waals surface area contributed by atoms with Crippen LogP contribution in [0.25, 0.3) is 11.1 Å². The molecule has 0 heterocycles. The van der Waals surface area contributed by atoms with Gasteiger partial charge < -0.3 is 5.11 Å². The van der Waals surface area contributed by atoms with E-state index in [1.165, 1.54) is 11.1 Å². The topological polar surface area (TPSA) is 20.2 Å². The quantitative estimate of drug-likeness (QED) is 0.810. The van der Waals surface area contributed by atoms with Crippen molar-refractivity contribution >= 4 is 0 Å². The molecule has 0 spiro atoms. The molecule has 0 saturated heterocycles. The third-order valence-electron chi connectivity index (χ3n) is 3.64. The lowest BCUT2D eigenvalue weighted by Crippen LogP contribution is -2.08. The maximum atomic E-state index is 10.3. The van der Waals surface area contributed by atoms with Crippen molar-refractivity contribution in [1.29, 1.82) is 0 Å². The van der Waals surface area contributed by atoms with E-state index in [0.29, 0.717) is 5.92 Å². The van der Waals surface area contributed by atoms with Crippen molar-refractivity contribution in [2.75, 3.05) is 0 Å². The van der Waals surface area contributed by atoms with Gasteiger partial charge in [-0.3, -0.25) is 0 Å². The summed E-state index contributed by atoms with van der Waals surface area (Å²) in [6.07, 6.45) is 1.81. The first-order valence-electron chi connectivity index (χ1n) is 7.05. The summed E-state index contributed by atoms with van der Waals surface area (Å²) in [4.78, 5) is 0. The van der Waals surface area contributed by atoms with Crippen molar-refractivity contribution in [1.82, 2.24) is 0 Å². The van der Waals surface area contributed by atoms with Gasteiger partial charge in [-0.1, -0.05) is 74.9 Å². The van der Waals surface area contributed by atoms with E-state index >= 15 is 0 Å². The van der Waals surface area contributed by atoms with Gasteiger partial charge in [0.25, 0.3) is 0 Å². The van der Waals surface area contributed by atoms with Crippen molar-refractivity contribution in [2.45, 2.75) is 32.8 Å². The van der Waals surface area contributed by atoms with Crippen LogP contribution in [0.4, 0.5) is 0 Å². The minimum Gasteiger partial charge on any atom is -0.388 e. The molecule has 1 nitrogen and oxygen atoms in total. The van der Waals surface area contributed by atoms with Gasteiger partial charge in [-0.05, 0) is 29.0 Å². The zero-order valence-corrected chi connectivity index (χ0v) is 11.7. The molecule has 0 aliphatic heterocycles. The Kier molecular flexibility index (Phi) is 4.75. The molecular weight excluding hydrogens is 232 g/mol. The maximum Gasteiger partial charge on any atom is 0.0815 e. The summed E-state index contributed by atoms with van der Waals surface area (Å²) in [5.41, 5.74) is 3.42. The molecule has 0 amide bonds. The molecule has 2 rings (SSSR count). The molecule has 0 radical (unpaired) electrons. The number of benzene rings is 2. The van der Waals surface area contributed by atoms with Gasteiger partial charge >= 0.3 is 0 Å². The zero-order chi connectivity index (χ0) is 13.7. The van der Waals surface area contributed by atoms with Crippen LogP contribution in [0.3, 0.4) is 0 Å². The molecule has 0 aliphatic rings. The molecule has 1 heteroatoms. The number of rotatable bonds is 5. The van der Waals surface area contributed by atoms with Crippen LogP contribution < -0.4 is 0 Å². The molecule has 2 aromatic carbocycles. The van der Waals surface area contributed by atoms with Crippen LogP contribution in [-0.4, -0.2) is 5.11 Å². The number of aliphatic hydroxyl groups excluding tert-OH is 1. The zero-order valence-electron chi connectivity index (χ0n) is 11.7. The average Bonchev–Trinajstić information content (AvgIpc) is 2.48. The Morgan fingerprint density at radius 2 is 1.47 bits per heavy atom. The molecular formula is C18H22O. The Morgan fingerprint density at radius 1 is 0.895 bits per heavy atom. The molecule has 2 atom stereocenters. The standard InChI is InChI=1S/C18H22O/c1-3-7-14(2)18(19)17-12-10-16(11-13-17)15-8-5-4-6-9-15/h4-6,8-14,18-19H,3,7H2,1-2H3. The van der Waals surface area contributed by atoms with Crippen LogP contribution in [0.1, 0.15) is 38.4 Å². The van der Waals surface area contributed by atoms with Crippen LogP contribution in [-0.2, 0) is 0 Å². The first kappa shape index (κ1) is 13.8. The van der Waals surface area contributed by atoms with Gasteiger partial charge in [0.15, 0.2) is 0 Å². The fourth-order valence-electron chi connectivity index (χ4n) is 2.45. The highest BCUT2D eigenvalue weighted by Gasteiger charge is 2.15. The van der Waals surface area contributed by atoms with E-state index in [4.69, 9.17) is 0 Å². The Hall–Kier alpha value is -1.60. The number of hydrogen-bond acceptors (Lipinski definition) is 1. The van der Waals surface area contributed by atoms with Crippen LogP contribution in [0.5, 0.6) is 0 Å². The molecule has 1 N–H and O–H groups in total. The minimum atomic E-state index is -0.357. The summed E-state index contributed by atoms with van der Waals surface area (Å²) in [6.45, 7) is 4.26. The average molecular weight is 254 g/mol. The summed E-state index contributed by atoms with van der Waals surface area (Å²) in [6, 6.07) is 18.6. The summed E-state index contributed by atoms with van der Waals surface area (Å²) in [7, 11) is 0. The van der Waals surface area contributed by atoms with E-state index in [-0.39, 0.29) is 6.10 Å². The fraction of sp³-hybridized carbons (Fsp3) is 0.333. The summed E-state index contributed by atoms with van der Waals surface area (Å²) in [5.74, 6) is 0.313. The second-order valence-corrected chi connectivity index (χ2v) is 5.20. The molecule has 19 heavy (non-hydrogen) atoms. The minimum absolute atomic E-state index is 0.313. The highest BCUT2D eigenvalue weighted by molar-refractivity contribution is 5.63. The Balaban J connectivity index is 2.15.